The van der Waals surface area contributed by atoms with Crippen LogP contribution in [0.15, 0.2) is 413 Å². The minimum absolute atomic E-state index is 1.01. The van der Waals surface area contributed by atoms with E-state index < -0.39 is 0 Å². The molecule has 0 aliphatic heterocycles. The van der Waals surface area contributed by atoms with Crippen molar-refractivity contribution in [3.05, 3.63) is 413 Å². The van der Waals surface area contributed by atoms with Gasteiger partial charge in [0.15, 0.2) is 0 Å². The summed E-state index contributed by atoms with van der Waals surface area (Å²) in [6, 6.07) is 151. The lowest BCUT2D eigenvalue weighted by Gasteiger charge is -2.30. The second-order valence-electron chi connectivity index (χ2n) is 28.5. The molecule has 0 spiro atoms. The van der Waals surface area contributed by atoms with Gasteiger partial charge in [0, 0.05) is 133 Å². The maximum Gasteiger partial charge on any atom is 0.0542 e. The molecule has 0 aliphatic rings. The van der Waals surface area contributed by atoms with Crippen molar-refractivity contribution in [3.8, 4) is 28.4 Å². The molecule has 17 aromatic carbocycles. The third-order valence-corrected chi connectivity index (χ3v) is 22.4. The molecule has 22 rings (SSSR count). The van der Waals surface area contributed by atoms with Crippen molar-refractivity contribution in [2.24, 2.45) is 0 Å². The van der Waals surface area contributed by atoms with Crippen LogP contribution in [0.1, 0.15) is 0 Å². The molecule has 8 nitrogen and oxygen atoms in total. The lowest BCUT2D eigenvalue weighted by molar-refractivity contribution is 1.18. The minimum atomic E-state index is 1.01. The Morgan fingerprint density at radius 1 is 0.118 bits per heavy atom. The average molecular weight is 1410 g/mol. The van der Waals surface area contributed by atoms with Gasteiger partial charge in [0.1, 0.15) is 0 Å². The molecule has 110 heavy (non-hydrogen) atoms. The summed E-state index contributed by atoms with van der Waals surface area (Å²) < 4.78 is 12.0. The Hall–Kier alpha value is -14.9. The van der Waals surface area contributed by atoms with Gasteiger partial charge in [-0.15, -0.1) is 0 Å². The number of hydrogen-bond acceptors (Lipinski definition) is 3. The smallest absolute Gasteiger partial charge is 0.0542 e. The highest BCUT2D eigenvalue weighted by Crippen LogP contribution is 2.48. The van der Waals surface area contributed by atoms with Gasteiger partial charge in [-0.25, -0.2) is 0 Å². The summed E-state index contributed by atoms with van der Waals surface area (Å²) in [6.45, 7) is 0. The van der Waals surface area contributed by atoms with E-state index in [1.165, 1.54) is 53.9 Å². The third kappa shape index (κ3) is 10.0. The van der Waals surface area contributed by atoms with E-state index in [4.69, 9.17) is 0 Å². The first-order chi connectivity index (χ1) is 54.6. The second-order valence-corrected chi connectivity index (χ2v) is 28.5. The van der Waals surface area contributed by atoms with Crippen molar-refractivity contribution in [3.63, 3.8) is 0 Å². The predicted molar refractivity (Wildman–Crippen MR) is 462 cm³/mol. The van der Waals surface area contributed by atoms with Gasteiger partial charge >= 0.3 is 0 Å². The third-order valence-electron chi connectivity index (χ3n) is 22.4. The Kier molecular flexibility index (Phi) is 14.5. The molecular weight excluding hydrogens is 1340 g/mol. The summed E-state index contributed by atoms with van der Waals surface area (Å²) in [5.74, 6) is 0. The summed E-state index contributed by atoms with van der Waals surface area (Å²) in [6.07, 6.45) is 0. The van der Waals surface area contributed by atoms with Gasteiger partial charge in [-0.1, -0.05) is 182 Å². The van der Waals surface area contributed by atoms with E-state index in [2.05, 4.69) is 450 Å². The van der Waals surface area contributed by atoms with Crippen LogP contribution in [0, 0.1) is 0 Å². The minimum Gasteiger partial charge on any atom is -0.310 e. The quantitative estimate of drug-likeness (QED) is 0.109. The molecule has 5 heterocycles. The van der Waals surface area contributed by atoms with Crippen molar-refractivity contribution in [1.82, 2.24) is 22.8 Å². The molecule has 516 valence electrons. The fourth-order valence-corrected chi connectivity index (χ4v) is 17.6. The molecule has 0 N–H and O–H groups in total. The standard InChI is InChI=1S/C102H68N8/c1-6-26-69(27-7-1)106-93-41-21-16-36-83(93)88-64-78(54-59-98(88)106)103(74-46-50-76(51-47-74)104(79-55-60-99-89(65-79)84-37-17-22-42-94(84)107(99)70-28-8-2-9-29-70)80-56-61-100-90(66-80)85-38-18-23-43-95(85)108(100)71-30-10-3-11-31-71)75-48-52-77(53-49-75)105(81-57-62-101-91(67-81)86-39-19-24-44-96(86)109(101)72-32-12-4-13-33-72)82-58-63-102-92(68-82)87-40-20-25-45-97(87)110(102)73-34-14-5-15-35-73/h1-68H. The van der Waals surface area contributed by atoms with Crippen LogP contribution in [0.2, 0.25) is 0 Å². The summed E-state index contributed by atoms with van der Waals surface area (Å²) in [7, 11) is 0. The van der Waals surface area contributed by atoms with E-state index in [-0.39, 0.29) is 0 Å². The highest BCUT2D eigenvalue weighted by atomic mass is 15.2. The first-order valence-corrected chi connectivity index (χ1v) is 37.6. The first kappa shape index (κ1) is 62.5. The van der Waals surface area contributed by atoms with Crippen LogP contribution in [0.5, 0.6) is 0 Å². The van der Waals surface area contributed by atoms with E-state index >= 15 is 0 Å². The van der Waals surface area contributed by atoms with Crippen LogP contribution in [-0.2, 0) is 0 Å². The van der Waals surface area contributed by atoms with Gasteiger partial charge < -0.3 is 37.5 Å². The molecule has 0 radical (unpaired) electrons. The molecule has 22 aromatic rings. The van der Waals surface area contributed by atoms with Gasteiger partial charge in [-0.3, -0.25) is 0 Å². The van der Waals surface area contributed by atoms with Gasteiger partial charge in [-0.05, 0) is 231 Å². The summed E-state index contributed by atoms with van der Waals surface area (Å²) in [4.78, 5) is 7.32. The van der Waals surface area contributed by atoms with E-state index in [1.807, 2.05) is 0 Å². The highest BCUT2D eigenvalue weighted by molar-refractivity contribution is 6.16. The van der Waals surface area contributed by atoms with Crippen molar-refractivity contribution < 1.29 is 0 Å². The van der Waals surface area contributed by atoms with E-state index in [0.29, 0.717) is 0 Å². The SMILES string of the molecule is c1ccc(-n2c3ccccc3c3cc(N(c4ccc(N(c5ccc6c(c5)c5ccccc5n6-c5ccccc5)c5ccc6c(c5)c5ccccc5n6-c5ccccc5)cc4)c4ccc(N(c5ccc6c(c5)c5ccccc5n6-c5ccccc5)c5ccc6c(c5)c5ccccc5n6-c5ccccc5)cc4)ccc32)cc1. The largest absolute Gasteiger partial charge is 0.310 e. The van der Waals surface area contributed by atoms with Gasteiger partial charge in [-0.2, -0.15) is 0 Å². The maximum atomic E-state index is 2.44. The molecule has 5 aromatic heterocycles. The van der Waals surface area contributed by atoms with Crippen molar-refractivity contribution in [1.29, 1.82) is 0 Å². The first-order valence-electron chi connectivity index (χ1n) is 37.6. The van der Waals surface area contributed by atoms with Crippen LogP contribution in [0.25, 0.3) is 137 Å². The Morgan fingerprint density at radius 3 is 0.455 bits per heavy atom. The van der Waals surface area contributed by atoms with Crippen LogP contribution in [-0.4, -0.2) is 22.8 Å². The highest BCUT2D eigenvalue weighted by Gasteiger charge is 2.26. The van der Waals surface area contributed by atoms with E-state index in [1.54, 1.807) is 0 Å². The molecule has 0 bridgehead atoms. The Labute approximate surface area is 634 Å². The summed E-state index contributed by atoms with van der Waals surface area (Å²) >= 11 is 0. The summed E-state index contributed by atoms with van der Waals surface area (Å²) in [5.41, 5.74) is 26.4. The molecule has 0 saturated carbocycles. The average Bonchev–Trinajstić information content (AvgIpc) is 1.60. The zero-order valence-electron chi connectivity index (χ0n) is 59.8. The summed E-state index contributed by atoms with van der Waals surface area (Å²) in [5, 5.41) is 11.8. The molecule has 0 fully saturated rings. The number of fused-ring (bicyclic) bond motifs is 15. The van der Waals surface area contributed by atoms with Crippen molar-refractivity contribution >= 4 is 160 Å². The van der Waals surface area contributed by atoms with Gasteiger partial charge in [0.25, 0.3) is 0 Å². The Balaban J connectivity index is 0.733. The number of nitrogens with zero attached hydrogens (tertiary/aromatic N) is 8. The van der Waals surface area contributed by atoms with E-state index in [9.17, 15) is 0 Å². The van der Waals surface area contributed by atoms with Crippen LogP contribution in [0.3, 0.4) is 0 Å². The molecule has 0 saturated heterocycles. The number of hydrogen-bond donors (Lipinski definition) is 0. The molecule has 0 unspecified atom stereocenters. The molecule has 0 amide bonds. The Morgan fingerprint density at radius 2 is 0.264 bits per heavy atom. The van der Waals surface area contributed by atoms with Crippen LogP contribution >= 0.6 is 0 Å². The number of anilines is 9. The topological polar surface area (TPSA) is 34.4 Å². The monoisotopic (exact) mass is 1400 g/mol. The number of benzene rings is 17. The normalized spacial score (nSPS) is 11.8. The van der Waals surface area contributed by atoms with Gasteiger partial charge in [0.2, 0.25) is 0 Å². The number of para-hydroxylation sites is 10. The lowest BCUT2D eigenvalue weighted by Crippen LogP contribution is -2.13. The lowest BCUT2D eigenvalue weighted by atomic mass is 10.1. The number of rotatable bonds is 14. The number of aromatic nitrogens is 5. The predicted octanol–water partition coefficient (Wildman–Crippen LogP) is 27.6. The molecular formula is C102H68N8. The van der Waals surface area contributed by atoms with Gasteiger partial charge in [0.05, 0.1) is 55.2 Å². The maximum absolute atomic E-state index is 2.44. The fraction of sp³-hybridized carbons (Fsp3) is 0. The van der Waals surface area contributed by atoms with Crippen LogP contribution < -0.4 is 14.7 Å². The molecule has 0 atom stereocenters. The fourth-order valence-electron chi connectivity index (χ4n) is 17.6. The molecule has 0 aliphatic carbocycles. The van der Waals surface area contributed by atoms with Crippen LogP contribution in [0.4, 0.5) is 51.2 Å². The van der Waals surface area contributed by atoms with E-state index in [0.717, 1.165) is 135 Å². The Bertz CT molecular complexity index is 6640. The van der Waals surface area contributed by atoms with Crippen molar-refractivity contribution in [2.45, 2.75) is 0 Å². The zero-order chi connectivity index (χ0) is 72.3. The van der Waals surface area contributed by atoms with Crippen molar-refractivity contribution in [2.75, 3.05) is 14.7 Å². The zero-order valence-corrected chi connectivity index (χ0v) is 59.8. The second kappa shape index (κ2) is 25.4. The molecule has 8 heteroatoms.